The number of furan rings is 1. The maximum Gasteiger partial charge on any atom is 0.243 e. The minimum atomic E-state index is -4.05. The van der Waals surface area contributed by atoms with Crippen LogP contribution in [0.5, 0.6) is 11.5 Å². The van der Waals surface area contributed by atoms with E-state index in [1.54, 1.807) is 19.1 Å². The molecular formula is C15H18FNO5S. The lowest BCUT2D eigenvalue weighted by molar-refractivity contribution is 0.350. The van der Waals surface area contributed by atoms with Crippen LogP contribution >= 0.6 is 0 Å². The third-order valence-electron chi connectivity index (χ3n) is 3.17. The summed E-state index contributed by atoms with van der Waals surface area (Å²) >= 11 is 0. The number of nitrogens with one attached hydrogen (secondary N) is 1. The van der Waals surface area contributed by atoms with Crippen LogP contribution in [0.2, 0.25) is 0 Å². The molecule has 1 heterocycles. The smallest absolute Gasteiger partial charge is 0.243 e. The van der Waals surface area contributed by atoms with Gasteiger partial charge < -0.3 is 13.9 Å². The Morgan fingerprint density at radius 2 is 1.91 bits per heavy atom. The summed E-state index contributed by atoms with van der Waals surface area (Å²) in [6.45, 7) is 1.67. The van der Waals surface area contributed by atoms with Gasteiger partial charge in [0.2, 0.25) is 10.0 Å². The van der Waals surface area contributed by atoms with E-state index in [0.29, 0.717) is 12.2 Å². The second kappa shape index (κ2) is 7.01. The van der Waals surface area contributed by atoms with E-state index in [-0.39, 0.29) is 11.5 Å². The lowest BCUT2D eigenvalue weighted by Gasteiger charge is -2.15. The third-order valence-corrected chi connectivity index (χ3v) is 4.78. The van der Waals surface area contributed by atoms with Gasteiger partial charge in [-0.15, -0.1) is 0 Å². The van der Waals surface area contributed by atoms with E-state index >= 15 is 0 Å². The zero-order chi connectivity index (χ0) is 17.0. The van der Waals surface area contributed by atoms with Crippen LogP contribution in [0.3, 0.4) is 0 Å². The Hall–Kier alpha value is -2.06. The molecule has 0 unspecified atom stereocenters. The highest BCUT2D eigenvalue weighted by molar-refractivity contribution is 7.89. The lowest BCUT2D eigenvalue weighted by Crippen LogP contribution is -2.34. The van der Waals surface area contributed by atoms with E-state index in [0.717, 1.165) is 12.1 Å². The lowest BCUT2D eigenvalue weighted by atomic mass is 10.2. The van der Waals surface area contributed by atoms with Gasteiger partial charge in [0.05, 0.1) is 20.5 Å². The van der Waals surface area contributed by atoms with Crippen molar-refractivity contribution in [3.8, 4) is 11.5 Å². The molecule has 0 amide bonds. The molecule has 0 bridgehead atoms. The Labute approximate surface area is 134 Å². The molecule has 2 rings (SSSR count). The Morgan fingerprint density at radius 3 is 2.48 bits per heavy atom. The van der Waals surface area contributed by atoms with E-state index in [2.05, 4.69) is 4.72 Å². The van der Waals surface area contributed by atoms with Crippen LogP contribution < -0.4 is 14.2 Å². The molecule has 0 aliphatic heterocycles. The number of hydrogen-bond donors (Lipinski definition) is 1. The first-order valence-corrected chi connectivity index (χ1v) is 8.32. The van der Waals surface area contributed by atoms with E-state index in [9.17, 15) is 12.8 Å². The standard InChI is InChI=1S/C15H18FNO5S/c1-10(7-11-5-4-6-22-11)17-23(18,19)15-9-14(21-3)13(20-2)8-12(15)16/h4-6,8-10,17H,7H2,1-3H3/t10-/m1/s1. The zero-order valence-electron chi connectivity index (χ0n) is 13.0. The predicted molar refractivity (Wildman–Crippen MR) is 81.7 cm³/mol. The molecule has 8 heteroatoms. The van der Waals surface area contributed by atoms with Crippen LogP contribution in [0.4, 0.5) is 4.39 Å². The summed E-state index contributed by atoms with van der Waals surface area (Å²) in [4.78, 5) is -0.499. The molecule has 2 aromatic rings. The molecule has 0 aliphatic carbocycles. The van der Waals surface area contributed by atoms with Crippen molar-refractivity contribution < 1.29 is 26.7 Å². The predicted octanol–water partition coefficient (Wildman–Crippen LogP) is 2.35. The van der Waals surface area contributed by atoms with Gasteiger partial charge in [-0.25, -0.2) is 17.5 Å². The summed E-state index contributed by atoms with van der Waals surface area (Å²) < 4.78 is 56.4. The van der Waals surface area contributed by atoms with Gasteiger partial charge in [0.25, 0.3) is 0 Å². The number of ether oxygens (including phenoxy) is 2. The van der Waals surface area contributed by atoms with Crippen molar-refractivity contribution in [2.45, 2.75) is 24.3 Å². The number of halogens is 1. The quantitative estimate of drug-likeness (QED) is 0.835. The van der Waals surface area contributed by atoms with Crippen molar-refractivity contribution in [2.75, 3.05) is 14.2 Å². The molecule has 0 radical (unpaired) electrons. The minimum absolute atomic E-state index is 0.118. The number of sulfonamides is 1. The highest BCUT2D eigenvalue weighted by atomic mass is 32.2. The molecule has 0 saturated heterocycles. The second-order valence-electron chi connectivity index (χ2n) is 4.94. The van der Waals surface area contributed by atoms with Crippen LogP contribution in [0.1, 0.15) is 12.7 Å². The van der Waals surface area contributed by atoms with Crippen LogP contribution in [0.25, 0.3) is 0 Å². The van der Waals surface area contributed by atoms with Crippen molar-refractivity contribution in [1.82, 2.24) is 4.72 Å². The molecule has 6 nitrogen and oxygen atoms in total. The number of rotatable bonds is 7. The number of hydrogen-bond acceptors (Lipinski definition) is 5. The summed E-state index contributed by atoms with van der Waals surface area (Å²) in [7, 11) is -1.36. The number of benzene rings is 1. The topological polar surface area (TPSA) is 77.8 Å². The van der Waals surface area contributed by atoms with Crippen molar-refractivity contribution in [2.24, 2.45) is 0 Å². The zero-order valence-corrected chi connectivity index (χ0v) is 13.8. The van der Waals surface area contributed by atoms with E-state index < -0.39 is 26.8 Å². The van der Waals surface area contributed by atoms with Crippen LogP contribution in [0.15, 0.2) is 39.8 Å². The maximum atomic E-state index is 14.1. The largest absolute Gasteiger partial charge is 0.493 e. The summed E-state index contributed by atoms with van der Waals surface area (Å²) in [6, 6.07) is 5.05. The molecule has 1 aromatic carbocycles. The van der Waals surface area contributed by atoms with Gasteiger partial charge in [-0.3, -0.25) is 0 Å². The third kappa shape index (κ3) is 4.02. The van der Waals surface area contributed by atoms with E-state index in [1.807, 2.05) is 0 Å². The monoisotopic (exact) mass is 343 g/mol. The fraction of sp³-hybridized carbons (Fsp3) is 0.333. The van der Waals surface area contributed by atoms with Crippen molar-refractivity contribution in [1.29, 1.82) is 0 Å². The van der Waals surface area contributed by atoms with Gasteiger partial charge in [0.1, 0.15) is 16.5 Å². The summed E-state index contributed by atoms with van der Waals surface area (Å²) in [5.41, 5.74) is 0. The fourth-order valence-electron chi connectivity index (χ4n) is 2.14. The van der Waals surface area contributed by atoms with Crippen LogP contribution in [-0.2, 0) is 16.4 Å². The molecule has 126 valence electrons. The second-order valence-corrected chi connectivity index (χ2v) is 6.63. The summed E-state index contributed by atoms with van der Waals surface area (Å²) in [6.07, 6.45) is 1.85. The van der Waals surface area contributed by atoms with Gasteiger partial charge in [-0.2, -0.15) is 0 Å². The summed E-state index contributed by atoms with van der Waals surface area (Å²) in [5, 5.41) is 0. The highest BCUT2D eigenvalue weighted by Gasteiger charge is 2.24. The van der Waals surface area contributed by atoms with Crippen molar-refractivity contribution >= 4 is 10.0 Å². The number of methoxy groups -OCH3 is 2. The molecule has 0 saturated carbocycles. The van der Waals surface area contributed by atoms with Gasteiger partial charge >= 0.3 is 0 Å². The molecule has 0 aliphatic rings. The molecule has 1 N–H and O–H groups in total. The highest BCUT2D eigenvalue weighted by Crippen LogP contribution is 2.31. The first kappa shape index (κ1) is 17.3. The minimum Gasteiger partial charge on any atom is -0.493 e. The SMILES string of the molecule is COc1cc(F)c(S(=O)(=O)N[C@H](C)Cc2ccco2)cc1OC. The Morgan fingerprint density at radius 1 is 1.26 bits per heavy atom. The molecule has 1 atom stereocenters. The van der Waals surface area contributed by atoms with E-state index in [4.69, 9.17) is 13.9 Å². The Kier molecular flexibility index (Phi) is 5.27. The maximum absolute atomic E-state index is 14.1. The van der Waals surface area contributed by atoms with Gasteiger partial charge in [-0.05, 0) is 19.1 Å². The Balaban J connectivity index is 2.25. The van der Waals surface area contributed by atoms with Gasteiger partial charge in [0.15, 0.2) is 11.5 Å². The van der Waals surface area contributed by atoms with E-state index in [1.165, 1.54) is 20.5 Å². The molecule has 23 heavy (non-hydrogen) atoms. The fourth-order valence-corrected chi connectivity index (χ4v) is 3.46. The average molecular weight is 343 g/mol. The normalized spacial score (nSPS) is 12.9. The van der Waals surface area contributed by atoms with Crippen molar-refractivity contribution in [3.05, 3.63) is 42.1 Å². The molecule has 1 aromatic heterocycles. The molecular weight excluding hydrogens is 325 g/mol. The molecule has 0 fully saturated rings. The van der Waals surface area contributed by atoms with Crippen LogP contribution in [0, 0.1) is 5.82 Å². The first-order valence-electron chi connectivity index (χ1n) is 6.83. The van der Waals surface area contributed by atoms with Crippen molar-refractivity contribution in [3.63, 3.8) is 0 Å². The summed E-state index contributed by atoms with van der Waals surface area (Å²) in [5.74, 6) is -0.0334. The van der Waals surface area contributed by atoms with Gasteiger partial charge in [-0.1, -0.05) is 0 Å². The first-order chi connectivity index (χ1) is 10.9. The van der Waals surface area contributed by atoms with Crippen LogP contribution in [-0.4, -0.2) is 28.7 Å². The Bertz CT molecular complexity index is 758. The molecule has 0 spiro atoms. The average Bonchev–Trinajstić information content (AvgIpc) is 2.98. The van der Waals surface area contributed by atoms with Gasteiger partial charge in [0, 0.05) is 24.6 Å².